The molecule has 2 aliphatic rings. The number of Topliss-reactive ketones (excluding diaryl/α,β-unsaturated/α-hetero) is 1. The van der Waals surface area contributed by atoms with Gasteiger partial charge in [-0.3, -0.25) is 14.4 Å². The second-order valence-electron chi connectivity index (χ2n) is 7.52. The molecule has 9 heteroatoms. The molecular formula is C24H25NO8. The topological polar surface area (TPSA) is 109 Å². The first kappa shape index (κ1) is 22.4. The summed E-state index contributed by atoms with van der Waals surface area (Å²) in [6.45, 7) is 1.94. The highest BCUT2D eigenvalue weighted by molar-refractivity contribution is 5.98. The maximum Gasteiger partial charge on any atom is 0.306 e. The van der Waals surface area contributed by atoms with Gasteiger partial charge in [0.1, 0.15) is 26.4 Å². The van der Waals surface area contributed by atoms with Crippen molar-refractivity contribution in [2.45, 2.75) is 19.3 Å². The van der Waals surface area contributed by atoms with Crippen LogP contribution in [0.4, 0.5) is 0 Å². The molecule has 2 aliphatic heterocycles. The Balaban J connectivity index is 1.13. The molecule has 0 atom stereocenters. The van der Waals surface area contributed by atoms with Crippen LogP contribution in [0.3, 0.4) is 0 Å². The maximum atomic E-state index is 12.3. The first-order valence-electron chi connectivity index (χ1n) is 10.8. The Bertz CT molecular complexity index is 1040. The van der Waals surface area contributed by atoms with Crippen molar-refractivity contribution in [3.63, 3.8) is 0 Å². The normalized spacial score (nSPS) is 13.7. The Morgan fingerprint density at radius 1 is 0.788 bits per heavy atom. The van der Waals surface area contributed by atoms with E-state index < -0.39 is 18.5 Å². The maximum absolute atomic E-state index is 12.3. The van der Waals surface area contributed by atoms with Gasteiger partial charge in [-0.25, -0.2) is 0 Å². The summed E-state index contributed by atoms with van der Waals surface area (Å²) in [6, 6.07) is 10.6. The van der Waals surface area contributed by atoms with Crippen LogP contribution < -0.4 is 24.3 Å². The van der Waals surface area contributed by atoms with E-state index in [1.54, 1.807) is 18.2 Å². The Labute approximate surface area is 190 Å². The van der Waals surface area contributed by atoms with Gasteiger partial charge in [0, 0.05) is 18.5 Å². The highest BCUT2D eigenvalue weighted by Gasteiger charge is 2.17. The van der Waals surface area contributed by atoms with Gasteiger partial charge >= 0.3 is 5.97 Å². The van der Waals surface area contributed by atoms with E-state index >= 15 is 0 Å². The summed E-state index contributed by atoms with van der Waals surface area (Å²) in [6.07, 6.45) is 0.461. The second-order valence-corrected chi connectivity index (χ2v) is 7.52. The molecule has 33 heavy (non-hydrogen) atoms. The Morgan fingerprint density at radius 2 is 1.42 bits per heavy atom. The summed E-state index contributed by atoms with van der Waals surface area (Å²) in [5.74, 6) is 1.30. The quantitative estimate of drug-likeness (QED) is 0.452. The lowest BCUT2D eigenvalue weighted by atomic mass is 10.1. The zero-order valence-electron chi connectivity index (χ0n) is 18.1. The Kier molecular flexibility index (Phi) is 7.29. The number of fused-ring (bicyclic) bond motifs is 2. The largest absolute Gasteiger partial charge is 0.486 e. The molecule has 9 nitrogen and oxygen atoms in total. The van der Waals surface area contributed by atoms with Gasteiger partial charge in [-0.1, -0.05) is 6.07 Å². The van der Waals surface area contributed by atoms with Crippen molar-refractivity contribution in [3.05, 3.63) is 47.5 Å². The SMILES string of the molecule is O=C(COC(=O)CCC(=O)c1ccc2c(c1)OCCO2)NCCc1ccc2c(c1)OCCO2. The van der Waals surface area contributed by atoms with Crippen molar-refractivity contribution in [2.24, 2.45) is 0 Å². The fourth-order valence-corrected chi connectivity index (χ4v) is 3.44. The van der Waals surface area contributed by atoms with Crippen LogP contribution in [0.1, 0.15) is 28.8 Å². The summed E-state index contributed by atoms with van der Waals surface area (Å²) >= 11 is 0. The molecule has 0 saturated carbocycles. The van der Waals surface area contributed by atoms with Gasteiger partial charge < -0.3 is 29.0 Å². The van der Waals surface area contributed by atoms with E-state index in [4.69, 9.17) is 23.7 Å². The van der Waals surface area contributed by atoms with Gasteiger partial charge in [0.05, 0.1) is 6.42 Å². The highest BCUT2D eigenvalue weighted by atomic mass is 16.6. The highest BCUT2D eigenvalue weighted by Crippen LogP contribution is 2.32. The summed E-state index contributed by atoms with van der Waals surface area (Å²) in [5, 5.41) is 2.71. The summed E-state index contributed by atoms with van der Waals surface area (Å²) in [7, 11) is 0. The Hall–Kier alpha value is -3.75. The fourth-order valence-electron chi connectivity index (χ4n) is 3.44. The molecule has 174 valence electrons. The average Bonchev–Trinajstić information content (AvgIpc) is 2.85. The van der Waals surface area contributed by atoms with Crippen LogP contribution in [-0.2, 0) is 20.7 Å². The van der Waals surface area contributed by atoms with Crippen molar-refractivity contribution in [1.29, 1.82) is 0 Å². The number of amides is 1. The van der Waals surface area contributed by atoms with Gasteiger partial charge in [0.15, 0.2) is 35.4 Å². The van der Waals surface area contributed by atoms with Crippen molar-refractivity contribution >= 4 is 17.7 Å². The molecule has 0 fully saturated rings. The second kappa shape index (κ2) is 10.7. The first-order valence-corrected chi connectivity index (χ1v) is 10.8. The number of carbonyl (C=O) groups excluding carboxylic acids is 3. The van der Waals surface area contributed by atoms with Gasteiger partial charge in [-0.15, -0.1) is 0 Å². The summed E-state index contributed by atoms with van der Waals surface area (Å²) in [4.78, 5) is 36.2. The number of ketones is 1. The van der Waals surface area contributed by atoms with E-state index in [9.17, 15) is 14.4 Å². The molecule has 0 aromatic heterocycles. The van der Waals surface area contributed by atoms with E-state index in [2.05, 4.69) is 5.32 Å². The van der Waals surface area contributed by atoms with Gasteiger partial charge in [-0.05, 0) is 42.3 Å². The predicted octanol–water partition coefficient (Wildman–Crippen LogP) is 2.09. The van der Waals surface area contributed by atoms with Crippen molar-refractivity contribution < 1.29 is 38.1 Å². The number of ether oxygens (including phenoxy) is 5. The van der Waals surface area contributed by atoms with Crippen LogP contribution in [0.2, 0.25) is 0 Å². The summed E-state index contributed by atoms with van der Waals surface area (Å²) in [5.41, 5.74) is 1.43. The minimum absolute atomic E-state index is 0.0236. The minimum atomic E-state index is -0.608. The smallest absolute Gasteiger partial charge is 0.306 e. The Morgan fingerprint density at radius 3 is 2.15 bits per heavy atom. The first-order chi connectivity index (χ1) is 16.1. The van der Waals surface area contributed by atoms with E-state index in [0.29, 0.717) is 68.0 Å². The monoisotopic (exact) mass is 455 g/mol. The lowest BCUT2D eigenvalue weighted by molar-refractivity contribution is -0.148. The third-order valence-corrected chi connectivity index (χ3v) is 5.13. The number of esters is 1. The zero-order chi connectivity index (χ0) is 23.0. The molecule has 0 radical (unpaired) electrons. The number of rotatable bonds is 9. The molecule has 0 bridgehead atoms. The lowest BCUT2D eigenvalue weighted by Gasteiger charge is -2.18. The predicted molar refractivity (Wildman–Crippen MR) is 116 cm³/mol. The number of hydrogen-bond donors (Lipinski definition) is 1. The molecule has 1 amide bonds. The van der Waals surface area contributed by atoms with Gasteiger partial charge in [0.25, 0.3) is 5.91 Å². The molecular weight excluding hydrogens is 430 g/mol. The standard InChI is InChI=1S/C24H25NO8/c26-18(17-2-5-20-22(14-17)32-12-10-30-20)3-6-24(28)33-15-23(27)25-8-7-16-1-4-19-21(13-16)31-11-9-29-19/h1-2,4-5,13-14H,3,6-12,15H2,(H,25,27). The third-order valence-electron chi connectivity index (χ3n) is 5.13. The van der Waals surface area contributed by atoms with E-state index in [0.717, 1.165) is 5.56 Å². The van der Waals surface area contributed by atoms with Crippen LogP contribution >= 0.6 is 0 Å². The fraction of sp³-hybridized carbons (Fsp3) is 0.375. The molecule has 0 spiro atoms. The minimum Gasteiger partial charge on any atom is -0.486 e. The average molecular weight is 455 g/mol. The molecule has 4 rings (SSSR count). The number of benzene rings is 2. The van der Waals surface area contributed by atoms with Crippen molar-refractivity contribution in [2.75, 3.05) is 39.6 Å². The number of carbonyl (C=O) groups is 3. The van der Waals surface area contributed by atoms with Crippen LogP contribution in [0.15, 0.2) is 36.4 Å². The molecule has 2 heterocycles. The summed E-state index contributed by atoms with van der Waals surface area (Å²) < 4.78 is 26.9. The van der Waals surface area contributed by atoms with E-state index in [1.807, 2.05) is 18.2 Å². The van der Waals surface area contributed by atoms with Crippen LogP contribution in [0.25, 0.3) is 0 Å². The van der Waals surface area contributed by atoms with Gasteiger partial charge in [0.2, 0.25) is 0 Å². The van der Waals surface area contributed by atoms with Gasteiger partial charge in [-0.2, -0.15) is 0 Å². The molecule has 1 N–H and O–H groups in total. The molecule has 0 unspecified atom stereocenters. The molecule has 2 aromatic carbocycles. The molecule has 2 aromatic rings. The molecule has 0 saturated heterocycles. The molecule has 0 aliphatic carbocycles. The lowest BCUT2D eigenvalue weighted by Crippen LogP contribution is -2.30. The zero-order valence-corrected chi connectivity index (χ0v) is 18.1. The number of hydrogen-bond acceptors (Lipinski definition) is 8. The van der Waals surface area contributed by atoms with E-state index in [1.165, 1.54) is 0 Å². The van der Waals surface area contributed by atoms with Crippen molar-refractivity contribution in [1.82, 2.24) is 5.32 Å². The van der Waals surface area contributed by atoms with Crippen LogP contribution in [0, 0.1) is 0 Å². The number of nitrogens with one attached hydrogen (secondary N) is 1. The van der Waals surface area contributed by atoms with E-state index in [-0.39, 0.29) is 18.6 Å². The third kappa shape index (κ3) is 6.15. The van der Waals surface area contributed by atoms with Crippen molar-refractivity contribution in [3.8, 4) is 23.0 Å². The van der Waals surface area contributed by atoms with Crippen LogP contribution in [0.5, 0.6) is 23.0 Å². The van der Waals surface area contributed by atoms with Crippen LogP contribution in [-0.4, -0.2) is 57.2 Å².